The molecule has 1 aliphatic rings. The molecule has 162 valence electrons. The number of amides is 1. The fourth-order valence-corrected chi connectivity index (χ4v) is 4.19. The molecule has 0 aliphatic carbocycles. The Kier molecular flexibility index (Phi) is 8.45. The summed E-state index contributed by atoms with van der Waals surface area (Å²) in [5.41, 5.74) is -0.0170. The van der Waals surface area contributed by atoms with E-state index in [1.54, 1.807) is 0 Å². The van der Waals surface area contributed by atoms with Crippen molar-refractivity contribution in [3.8, 4) is 0 Å². The summed E-state index contributed by atoms with van der Waals surface area (Å²) in [4.78, 5) is 23.9. The zero-order valence-electron chi connectivity index (χ0n) is 16.7. The van der Waals surface area contributed by atoms with Crippen LogP contribution in [0.2, 0.25) is 5.02 Å². The molecule has 1 heterocycles. The number of hydrogen-bond acceptors (Lipinski definition) is 6. The topological polar surface area (TPSA) is 111 Å². The number of sulfonamides is 1. The monoisotopic (exact) mass is 446 g/mol. The maximum Gasteiger partial charge on any atom is 0.338 e. The van der Waals surface area contributed by atoms with Gasteiger partial charge in [0.2, 0.25) is 10.0 Å². The molecule has 0 bridgehead atoms. The Morgan fingerprint density at radius 1 is 1.31 bits per heavy atom. The average molecular weight is 447 g/mol. The van der Waals surface area contributed by atoms with Crippen LogP contribution in [0.25, 0.3) is 0 Å². The Hall–Kier alpha value is -1.68. The van der Waals surface area contributed by atoms with Crippen molar-refractivity contribution >= 4 is 33.5 Å². The van der Waals surface area contributed by atoms with Crippen molar-refractivity contribution in [3.63, 3.8) is 0 Å². The van der Waals surface area contributed by atoms with Crippen LogP contribution in [0.15, 0.2) is 23.1 Å². The van der Waals surface area contributed by atoms with Gasteiger partial charge in [0.25, 0.3) is 5.91 Å². The molecular formula is C19H27ClN2O6S. The fraction of sp³-hybridized carbons (Fsp3) is 0.579. The number of carbonyl (C=O) groups is 2. The second-order valence-corrected chi connectivity index (χ2v) is 9.45. The lowest BCUT2D eigenvalue weighted by Crippen LogP contribution is -2.38. The molecule has 0 radical (unpaired) electrons. The van der Waals surface area contributed by atoms with Gasteiger partial charge in [0.1, 0.15) is 4.90 Å². The van der Waals surface area contributed by atoms with E-state index >= 15 is 0 Å². The van der Waals surface area contributed by atoms with Crippen LogP contribution >= 0.6 is 11.6 Å². The summed E-state index contributed by atoms with van der Waals surface area (Å²) in [7, 11) is -3.94. The van der Waals surface area contributed by atoms with Crippen molar-refractivity contribution in [2.24, 2.45) is 5.92 Å². The molecule has 2 rings (SSSR count). The number of hydrogen-bond donors (Lipinski definition) is 2. The molecule has 1 saturated heterocycles. The van der Waals surface area contributed by atoms with Crippen LogP contribution in [-0.4, -0.2) is 52.2 Å². The number of nitrogens with one attached hydrogen (secondary N) is 2. The standard InChI is InChI=1S/C19H27ClN2O6S/c1-12(2)13(3)22-18(23)11-28-19(24)14-6-7-16(20)17(9-14)29(25,26)21-10-15-5-4-8-27-15/h6-7,9,12-13,15,21H,4-5,8,10-11H2,1-3H3,(H,22,23)/t13-,15+/m1/s1. The molecule has 0 unspecified atom stereocenters. The van der Waals surface area contributed by atoms with E-state index in [-0.39, 0.29) is 40.1 Å². The lowest BCUT2D eigenvalue weighted by molar-refractivity contribution is -0.125. The highest BCUT2D eigenvalue weighted by atomic mass is 35.5. The van der Waals surface area contributed by atoms with Gasteiger partial charge < -0.3 is 14.8 Å². The predicted octanol–water partition coefficient (Wildman–Crippen LogP) is 2.11. The first-order valence-electron chi connectivity index (χ1n) is 9.47. The molecular weight excluding hydrogens is 420 g/mol. The largest absolute Gasteiger partial charge is 0.452 e. The highest BCUT2D eigenvalue weighted by molar-refractivity contribution is 7.89. The Morgan fingerprint density at radius 3 is 2.66 bits per heavy atom. The van der Waals surface area contributed by atoms with E-state index in [1.807, 2.05) is 20.8 Å². The van der Waals surface area contributed by atoms with E-state index in [1.165, 1.54) is 12.1 Å². The molecule has 0 saturated carbocycles. The van der Waals surface area contributed by atoms with E-state index in [9.17, 15) is 18.0 Å². The van der Waals surface area contributed by atoms with Gasteiger partial charge >= 0.3 is 5.97 Å². The van der Waals surface area contributed by atoms with E-state index < -0.39 is 28.5 Å². The molecule has 2 N–H and O–H groups in total. The Labute approximate surface area is 176 Å². The van der Waals surface area contributed by atoms with Gasteiger partial charge in [-0.05, 0) is 43.9 Å². The Balaban J connectivity index is 2.01. The summed E-state index contributed by atoms with van der Waals surface area (Å²) in [6, 6.07) is 3.72. The Morgan fingerprint density at radius 2 is 2.03 bits per heavy atom. The summed E-state index contributed by atoms with van der Waals surface area (Å²) < 4.78 is 38.0. The Bertz CT molecular complexity index is 837. The van der Waals surface area contributed by atoms with Gasteiger partial charge in [0.05, 0.1) is 16.7 Å². The van der Waals surface area contributed by atoms with Crippen molar-refractivity contribution in [2.45, 2.75) is 50.7 Å². The molecule has 1 fully saturated rings. The van der Waals surface area contributed by atoms with Crippen LogP contribution in [0.1, 0.15) is 44.0 Å². The van der Waals surface area contributed by atoms with Crippen molar-refractivity contribution in [2.75, 3.05) is 19.8 Å². The van der Waals surface area contributed by atoms with Gasteiger partial charge in [-0.25, -0.2) is 17.9 Å². The lowest BCUT2D eigenvalue weighted by atomic mass is 10.1. The van der Waals surface area contributed by atoms with Crippen LogP contribution in [0, 0.1) is 5.92 Å². The summed E-state index contributed by atoms with van der Waals surface area (Å²) in [6.07, 6.45) is 1.49. The van der Waals surface area contributed by atoms with Gasteiger partial charge in [-0.1, -0.05) is 25.4 Å². The maximum absolute atomic E-state index is 12.6. The van der Waals surface area contributed by atoms with Crippen molar-refractivity contribution in [3.05, 3.63) is 28.8 Å². The average Bonchev–Trinajstić information content (AvgIpc) is 3.18. The number of rotatable bonds is 9. The minimum atomic E-state index is -3.94. The van der Waals surface area contributed by atoms with Gasteiger partial charge in [0.15, 0.2) is 6.61 Å². The summed E-state index contributed by atoms with van der Waals surface area (Å²) >= 11 is 6.03. The zero-order valence-corrected chi connectivity index (χ0v) is 18.3. The summed E-state index contributed by atoms with van der Waals surface area (Å²) in [5, 5.41) is 2.70. The second-order valence-electron chi connectivity index (χ2n) is 7.31. The third-order valence-corrected chi connectivity index (χ3v) is 6.61. The van der Waals surface area contributed by atoms with Crippen molar-refractivity contribution < 1.29 is 27.5 Å². The van der Waals surface area contributed by atoms with Crippen LogP contribution in [0.4, 0.5) is 0 Å². The van der Waals surface area contributed by atoms with Crippen LogP contribution in [0.3, 0.4) is 0 Å². The molecule has 1 amide bonds. The first kappa shape index (κ1) is 23.6. The molecule has 1 aliphatic heterocycles. The molecule has 10 heteroatoms. The number of ether oxygens (including phenoxy) is 2. The number of esters is 1. The normalized spacial score (nSPS) is 17.9. The quantitative estimate of drug-likeness (QED) is 0.562. The van der Waals surface area contributed by atoms with E-state index in [0.717, 1.165) is 18.9 Å². The molecule has 0 spiro atoms. The highest BCUT2D eigenvalue weighted by Crippen LogP contribution is 2.23. The van der Waals surface area contributed by atoms with E-state index in [2.05, 4.69) is 10.0 Å². The van der Waals surface area contributed by atoms with Gasteiger partial charge in [0, 0.05) is 19.2 Å². The zero-order chi connectivity index (χ0) is 21.6. The van der Waals surface area contributed by atoms with Crippen LogP contribution in [-0.2, 0) is 24.3 Å². The summed E-state index contributed by atoms with van der Waals surface area (Å²) in [6.45, 7) is 6.04. The molecule has 1 aromatic rings. The van der Waals surface area contributed by atoms with Gasteiger partial charge in [-0.3, -0.25) is 4.79 Å². The van der Waals surface area contributed by atoms with Crippen LogP contribution in [0.5, 0.6) is 0 Å². The molecule has 8 nitrogen and oxygen atoms in total. The minimum Gasteiger partial charge on any atom is -0.452 e. The fourth-order valence-electron chi connectivity index (χ4n) is 2.60. The van der Waals surface area contributed by atoms with Crippen LogP contribution < -0.4 is 10.0 Å². The first-order valence-corrected chi connectivity index (χ1v) is 11.3. The summed E-state index contributed by atoms with van der Waals surface area (Å²) in [5.74, 6) is -1.01. The number of benzene rings is 1. The highest BCUT2D eigenvalue weighted by Gasteiger charge is 2.24. The van der Waals surface area contributed by atoms with Gasteiger partial charge in [-0.15, -0.1) is 0 Å². The van der Waals surface area contributed by atoms with E-state index in [0.29, 0.717) is 6.61 Å². The minimum absolute atomic E-state index is 0.0170. The lowest BCUT2D eigenvalue weighted by Gasteiger charge is -2.17. The maximum atomic E-state index is 12.6. The molecule has 29 heavy (non-hydrogen) atoms. The second kappa shape index (κ2) is 10.4. The van der Waals surface area contributed by atoms with Crippen molar-refractivity contribution in [1.29, 1.82) is 0 Å². The number of halogens is 1. The molecule has 1 aromatic carbocycles. The molecule has 2 atom stereocenters. The third-order valence-electron chi connectivity index (χ3n) is 4.70. The van der Waals surface area contributed by atoms with E-state index in [4.69, 9.17) is 21.1 Å². The first-order chi connectivity index (χ1) is 13.6. The SMILES string of the molecule is CC(C)[C@@H](C)NC(=O)COC(=O)c1ccc(Cl)c(S(=O)(=O)NC[C@@H]2CCCO2)c1. The van der Waals surface area contributed by atoms with Gasteiger partial charge in [-0.2, -0.15) is 0 Å². The molecule has 0 aromatic heterocycles. The number of carbonyl (C=O) groups excluding carboxylic acids is 2. The van der Waals surface area contributed by atoms with Crippen molar-refractivity contribution in [1.82, 2.24) is 10.0 Å². The predicted molar refractivity (Wildman–Crippen MR) is 108 cm³/mol. The third kappa shape index (κ3) is 6.95. The smallest absolute Gasteiger partial charge is 0.338 e.